The molecule has 23 heavy (non-hydrogen) atoms. The summed E-state index contributed by atoms with van der Waals surface area (Å²) >= 11 is 0. The molecule has 0 aromatic heterocycles. The largest absolute Gasteiger partial charge is 0.480 e. The van der Waals surface area contributed by atoms with Crippen molar-refractivity contribution in [3.63, 3.8) is 0 Å². The van der Waals surface area contributed by atoms with Crippen molar-refractivity contribution in [2.24, 2.45) is 5.92 Å². The summed E-state index contributed by atoms with van der Waals surface area (Å²) in [5, 5.41) is 11.0. The van der Waals surface area contributed by atoms with Gasteiger partial charge < -0.3 is 15.2 Å². The maximum absolute atomic E-state index is 13.8. The molecule has 126 valence electrons. The summed E-state index contributed by atoms with van der Waals surface area (Å²) < 4.78 is 32.4. The number of carbonyl (C=O) groups is 2. The van der Waals surface area contributed by atoms with Crippen LogP contribution in [0, 0.1) is 5.92 Å². The lowest BCUT2D eigenvalue weighted by Gasteiger charge is -2.21. The van der Waals surface area contributed by atoms with Gasteiger partial charge >= 0.3 is 12.1 Å². The first-order valence-electron chi connectivity index (χ1n) is 7.43. The number of ether oxygens (including phenoxy) is 1. The summed E-state index contributed by atoms with van der Waals surface area (Å²) in [5.74, 6) is -4.65. The molecule has 1 aliphatic carbocycles. The number of carboxylic acids is 1. The Balaban J connectivity index is 1.83. The Bertz CT molecular complexity index is 546. The van der Waals surface area contributed by atoms with Crippen LogP contribution in [0.3, 0.4) is 0 Å². The molecule has 5 nitrogen and oxygen atoms in total. The Labute approximate surface area is 132 Å². The minimum Gasteiger partial charge on any atom is -0.480 e. The molecule has 0 saturated heterocycles. The van der Waals surface area contributed by atoms with Crippen molar-refractivity contribution < 1.29 is 28.2 Å². The van der Waals surface area contributed by atoms with E-state index in [1.165, 1.54) is 0 Å². The molecule has 1 aromatic carbocycles. The molecule has 0 bridgehead atoms. The molecule has 0 spiro atoms. The molecule has 7 heteroatoms. The van der Waals surface area contributed by atoms with Crippen LogP contribution in [0.4, 0.5) is 13.6 Å². The van der Waals surface area contributed by atoms with Crippen LogP contribution < -0.4 is 5.32 Å². The van der Waals surface area contributed by atoms with Gasteiger partial charge in [-0.25, -0.2) is 18.4 Å². The molecule has 1 aliphatic rings. The molecule has 1 fully saturated rings. The smallest absolute Gasteiger partial charge is 0.408 e. The quantitative estimate of drug-likeness (QED) is 0.769. The molecule has 0 heterocycles. The molecule has 0 radical (unpaired) electrons. The van der Waals surface area contributed by atoms with E-state index >= 15 is 0 Å². The second-order valence-electron chi connectivity index (χ2n) is 5.80. The number of rotatable bonds is 8. The zero-order valence-electron chi connectivity index (χ0n) is 12.5. The van der Waals surface area contributed by atoms with Crippen molar-refractivity contribution in [1.29, 1.82) is 0 Å². The number of alkyl carbamates (subject to hydrolysis) is 1. The molecular formula is C16H19F2NO4. The van der Waals surface area contributed by atoms with E-state index in [4.69, 9.17) is 9.84 Å². The fraction of sp³-hybridized carbons (Fsp3) is 0.500. The van der Waals surface area contributed by atoms with Crippen molar-refractivity contribution in [3.05, 3.63) is 35.9 Å². The first-order valence-corrected chi connectivity index (χ1v) is 7.43. The summed E-state index contributed by atoms with van der Waals surface area (Å²) in [4.78, 5) is 22.7. The molecule has 1 unspecified atom stereocenters. The number of halogens is 2. The molecule has 1 atom stereocenters. The Morgan fingerprint density at radius 1 is 1.30 bits per heavy atom. The lowest BCUT2D eigenvalue weighted by atomic mass is 10.0. The number of hydrogen-bond donors (Lipinski definition) is 2. The molecule has 2 rings (SSSR count). The zero-order chi connectivity index (χ0) is 16.9. The van der Waals surface area contributed by atoms with E-state index in [2.05, 4.69) is 0 Å². The number of hydrogen-bond acceptors (Lipinski definition) is 3. The predicted molar refractivity (Wildman–Crippen MR) is 78.1 cm³/mol. The van der Waals surface area contributed by atoms with E-state index in [-0.39, 0.29) is 18.9 Å². The summed E-state index contributed by atoms with van der Waals surface area (Å²) in [6.07, 6.45) is -0.792. The standard InChI is InChI=1S/C16H19F2NO4/c17-16(18,8-11-6-7-11)9-13(14(20)21)19-15(22)23-10-12-4-2-1-3-5-12/h1-5,11,13H,6-10H2,(H,19,22)(H,20,21). The number of benzene rings is 1. The van der Waals surface area contributed by atoms with E-state index in [9.17, 15) is 18.4 Å². The summed E-state index contributed by atoms with van der Waals surface area (Å²) in [6, 6.07) is 7.10. The highest BCUT2D eigenvalue weighted by molar-refractivity contribution is 5.79. The van der Waals surface area contributed by atoms with Crippen molar-refractivity contribution in [3.8, 4) is 0 Å². The van der Waals surface area contributed by atoms with Gasteiger partial charge in [0.25, 0.3) is 5.92 Å². The van der Waals surface area contributed by atoms with Gasteiger partial charge in [0.2, 0.25) is 0 Å². The average Bonchev–Trinajstić information content (AvgIpc) is 3.28. The van der Waals surface area contributed by atoms with E-state index in [0.717, 1.165) is 12.8 Å². The number of aliphatic carboxylic acids is 1. The lowest BCUT2D eigenvalue weighted by Crippen LogP contribution is -2.44. The first kappa shape index (κ1) is 17.2. The Morgan fingerprint density at radius 3 is 2.52 bits per heavy atom. The minimum atomic E-state index is -3.11. The molecule has 1 aromatic rings. The number of amides is 1. The van der Waals surface area contributed by atoms with E-state index in [1.54, 1.807) is 30.3 Å². The van der Waals surface area contributed by atoms with E-state index in [0.29, 0.717) is 5.56 Å². The molecule has 0 aliphatic heterocycles. The highest BCUT2D eigenvalue weighted by Gasteiger charge is 2.41. The van der Waals surface area contributed by atoms with Gasteiger partial charge in [0, 0.05) is 12.8 Å². The van der Waals surface area contributed by atoms with Crippen LogP contribution in [0.1, 0.15) is 31.2 Å². The zero-order valence-corrected chi connectivity index (χ0v) is 12.5. The van der Waals surface area contributed by atoms with Crippen LogP contribution in [0.15, 0.2) is 30.3 Å². The van der Waals surface area contributed by atoms with Gasteiger partial charge in [-0.2, -0.15) is 0 Å². The molecule has 1 amide bonds. The van der Waals surface area contributed by atoms with E-state index < -0.39 is 30.4 Å². The van der Waals surface area contributed by atoms with Crippen LogP contribution in [0.2, 0.25) is 0 Å². The number of alkyl halides is 2. The topological polar surface area (TPSA) is 75.6 Å². The van der Waals surface area contributed by atoms with Crippen LogP contribution in [0.5, 0.6) is 0 Å². The monoisotopic (exact) mass is 327 g/mol. The van der Waals surface area contributed by atoms with Crippen molar-refractivity contribution in [2.45, 2.75) is 44.3 Å². The molecule has 2 N–H and O–H groups in total. The Kier molecular flexibility index (Phi) is 5.52. The van der Waals surface area contributed by atoms with Crippen LogP contribution in [-0.2, 0) is 16.1 Å². The van der Waals surface area contributed by atoms with Crippen LogP contribution in [0.25, 0.3) is 0 Å². The second-order valence-corrected chi connectivity index (χ2v) is 5.80. The van der Waals surface area contributed by atoms with E-state index in [1.807, 2.05) is 5.32 Å². The Hall–Kier alpha value is -2.18. The van der Waals surface area contributed by atoms with Crippen molar-refractivity contribution in [1.82, 2.24) is 5.32 Å². The minimum absolute atomic E-state index is 0.0375. The third-order valence-corrected chi connectivity index (χ3v) is 3.59. The maximum atomic E-state index is 13.8. The van der Waals surface area contributed by atoms with Crippen LogP contribution in [-0.4, -0.2) is 29.1 Å². The van der Waals surface area contributed by atoms with Gasteiger partial charge in [0.1, 0.15) is 12.6 Å². The average molecular weight is 327 g/mol. The van der Waals surface area contributed by atoms with Gasteiger partial charge in [-0.05, 0) is 24.3 Å². The highest BCUT2D eigenvalue weighted by Crippen LogP contribution is 2.40. The molecular weight excluding hydrogens is 308 g/mol. The fourth-order valence-corrected chi connectivity index (χ4v) is 2.23. The summed E-state index contributed by atoms with van der Waals surface area (Å²) in [6.45, 7) is -0.0581. The third kappa shape index (κ3) is 6.22. The Morgan fingerprint density at radius 2 is 1.96 bits per heavy atom. The number of carboxylic acid groups (broad SMARTS) is 1. The summed E-state index contributed by atoms with van der Waals surface area (Å²) in [7, 11) is 0. The fourth-order valence-electron chi connectivity index (χ4n) is 2.23. The normalized spacial score (nSPS) is 15.7. The number of carbonyl (C=O) groups excluding carboxylic acids is 1. The van der Waals surface area contributed by atoms with Gasteiger partial charge in [0.15, 0.2) is 0 Å². The maximum Gasteiger partial charge on any atom is 0.408 e. The van der Waals surface area contributed by atoms with Gasteiger partial charge in [-0.3, -0.25) is 0 Å². The number of nitrogens with one attached hydrogen (secondary N) is 1. The van der Waals surface area contributed by atoms with Crippen molar-refractivity contribution in [2.75, 3.05) is 0 Å². The highest BCUT2D eigenvalue weighted by atomic mass is 19.3. The predicted octanol–water partition coefficient (Wildman–Crippen LogP) is 3.19. The first-order chi connectivity index (χ1) is 10.9. The van der Waals surface area contributed by atoms with Gasteiger partial charge in [0.05, 0.1) is 0 Å². The van der Waals surface area contributed by atoms with Gasteiger partial charge in [-0.15, -0.1) is 0 Å². The molecule has 1 saturated carbocycles. The lowest BCUT2D eigenvalue weighted by molar-refractivity contribution is -0.142. The second kappa shape index (κ2) is 7.39. The van der Waals surface area contributed by atoms with Crippen molar-refractivity contribution >= 4 is 12.1 Å². The SMILES string of the molecule is O=C(NC(CC(F)(F)CC1CC1)C(=O)O)OCc1ccccc1. The summed E-state index contributed by atoms with van der Waals surface area (Å²) in [5.41, 5.74) is 0.716. The van der Waals surface area contributed by atoms with Crippen LogP contribution >= 0.6 is 0 Å². The third-order valence-electron chi connectivity index (χ3n) is 3.59. The van der Waals surface area contributed by atoms with Gasteiger partial charge in [-0.1, -0.05) is 30.3 Å².